The van der Waals surface area contributed by atoms with Crippen molar-refractivity contribution in [2.75, 3.05) is 6.61 Å². The molecule has 1 aromatic carbocycles. The lowest BCUT2D eigenvalue weighted by Gasteiger charge is -2.20. The molecule has 0 saturated carbocycles. The van der Waals surface area contributed by atoms with Crippen LogP contribution < -0.4 is 16.0 Å². The molecule has 0 fully saturated rings. The monoisotopic (exact) mass is 269 g/mol. The summed E-state index contributed by atoms with van der Waals surface area (Å²) in [6.45, 7) is 2.90. The van der Waals surface area contributed by atoms with Gasteiger partial charge in [-0.05, 0) is 40.8 Å². The topological polar surface area (TPSA) is 60.2 Å². The van der Waals surface area contributed by atoms with Gasteiger partial charge >= 0.3 is 0 Å². The number of aromatic nitrogens is 1. The van der Waals surface area contributed by atoms with Gasteiger partial charge < -0.3 is 4.74 Å². The number of nitrogens with one attached hydrogen (secondary N) is 1. The van der Waals surface area contributed by atoms with E-state index in [4.69, 9.17) is 10.6 Å². The lowest BCUT2D eigenvalue weighted by molar-refractivity contribution is 0.357. The summed E-state index contributed by atoms with van der Waals surface area (Å²) in [6.07, 6.45) is 5.64. The van der Waals surface area contributed by atoms with Crippen molar-refractivity contribution in [3.8, 4) is 5.75 Å². The number of aryl methyl sites for hydroxylation is 1. The van der Waals surface area contributed by atoms with E-state index in [1.165, 1.54) is 16.7 Å². The minimum absolute atomic E-state index is 0.0150. The maximum atomic E-state index is 5.80. The molecule has 0 amide bonds. The molecule has 0 aliphatic carbocycles. The Balaban J connectivity index is 2.01. The molecule has 104 valence electrons. The third-order valence-corrected chi connectivity index (χ3v) is 3.85. The zero-order valence-electron chi connectivity index (χ0n) is 11.6. The number of nitrogens with two attached hydrogens (primary N) is 1. The quantitative estimate of drug-likeness (QED) is 0.659. The van der Waals surface area contributed by atoms with Crippen LogP contribution in [0, 0.1) is 0 Å². The van der Waals surface area contributed by atoms with Gasteiger partial charge in [0.1, 0.15) is 5.75 Å². The summed E-state index contributed by atoms with van der Waals surface area (Å²) < 4.78 is 5.56. The van der Waals surface area contributed by atoms with Gasteiger partial charge in [-0.15, -0.1) is 0 Å². The summed E-state index contributed by atoms with van der Waals surface area (Å²) in [4.78, 5) is 4.20. The molecule has 1 aliphatic heterocycles. The van der Waals surface area contributed by atoms with E-state index in [1.807, 2.05) is 24.5 Å². The van der Waals surface area contributed by atoms with Gasteiger partial charge in [0, 0.05) is 18.8 Å². The van der Waals surface area contributed by atoms with Crippen LogP contribution in [0.25, 0.3) is 0 Å². The second-order valence-electron chi connectivity index (χ2n) is 4.99. The lowest BCUT2D eigenvalue weighted by Crippen LogP contribution is -2.29. The fraction of sp³-hybridized carbons (Fsp3) is 0.312. The van der Waals surface area contributed by atoms with Crippen LogP contribution in [0.4, 0.5) is 0 Å². The maximum absolute atomic E-state index is 5.80. The molecule has 4 nitrogen and oxygen atoms in total. The van der Waals surface area contributed by atoms with Crippen LogP contribution in [0.3, 0.4) is 0 Å². The Morgan fingerprint density at radius 1 is 1.40 bits per heavy atom. The molecule has 3 N–H and O–H groups in total. The molecular formula is C16H19N3O. The molecule has 1 atom stereocenters. The summed E-state index contributed by atoms with van der Waals surface area (Å²) in [6, 6.07) is 8.32. The number of benzene rings is 1. The smallest absolute Gasteiger partial charge is 0.122 e. The van der Waals surface area contributed by atoms with Crippen molar-refractivity contribution in [2.24, 2.45) is 5.84 Å². The van der Waals surface area contributed by atoms with E-state index in [-0.39, 0.29) is 6.04 Å². The summed E-state index contributed by atoms with van der Waals surface area (Å²) in [5.41, 5.74) is 7.75. The van der Waals surface area contributed by atoms with Crippen molar-refractivity contribution in [1.82, 2.24) is 10.4 Å². The summed E-state index contributed by atoms with van der Waals surface area (Å²) in [7, 11) is 0. The average Bonchev–Trinajstić information content (AvgIpc) is 2.96. The Kier molecular flexibility index (Phi) is 3.67. The van der Waals surface area contributed by atoms with Crippen molar-refractivity contribution < 1.29 is 4.74 Å². The first kappa shape index (κ1) is 13.1. The van der Waals surface area contributed by atoms with Crippen molar-refractivity contribution in [3.63, 3.8) is 0 Å². The Labute approximate surface area is 119 Å². The minimum atomic E-state index is -0.0150. The molecule has 0 bridgehead atoms. The molecule has 2 aromatic rings. The highest BCUT2D eigenvalue weighted by atomic mass is 16.5. The molecule has 1 aliphatic rings. The minimum Gasteiger partial charge on any atom is -0.493 e. The van der Waals surface area contributed by atoms with E-state index < -0.39 is 0 Å². The first-order valence-corrected chi connectivity index (χ1v) is 6.98. The number of fused-ring (bicyclic) bond motifs is 1. The summed E-state index contributed by atoms with van der Waals surface area (Å²) in [5, 5.41) is 0. The van der Waals surface area contributed by atoms with Gasteiger partial charge in [0.05, 0.1) is 12.6 Å². The van der Waals surface area contributed by atoms with Crippen LogP contribution in [0.5, 0.6) is 5.75 Å². The first-order chi connectivity index (χ1) is 9.83. The third-order valence-electron chi connectivity index (χ3n) is 3.85. The number of rotatable bonds is 4. The summed E-state index contributed by atoms with van der Waals surface area (Å²) in [5.74, 6) is 6.80. The second kappa shape index (κ2) is 5.61. The number of ether oxygens (including phenoxy) is 1. The van der Waals surface area contributed by atoms with Crippen molar-refractivity contribution in [1.29, 1.82) is 0 Å². The van der Waals surface area contributed by atoms with E-state index in [2.05, 4.69) is 29.5 Å². The van der Waals surface area contributed by atoms with Gasteiger partial charge in [-0.3, -0.25) is 10.8 Å². The Hall–Kier alpha value is -1.91. The fourth-order valence-electron chi connectivity index (χ4n) is 2.77. The molecule has 0 radical (unpaired) electrons. The zero-order valence-corrected chi connectivity index (χ0v) is 11.6. The molecule has 4 heteroatoms. The second-order valence-corrected chi connectivity index (χ2v) is 4.99. The standard InChI is InChI=1S/C16H19N3O/c1-2-11-10-18-7-5-14(11)16(19-17)13-3-4-15-12(9-13)6-8-20-15/h3-5,7,9-10,16,19H,2,6,8,17H2,1H3. The molecular weight excluding hydrogens is 250 g/mol. The van der Waals surface area contributed by atoms with Crippen LogP contribution in [0.15, 0.2) is 36.7 Å². The lowest BCUT2D eigenvalue weighted by atomic mass is 9.94. The molecule has 1 unspecified atom stereocenters. The number of nitrogens with zero attached hydrogens (tertiary/aromatic N) is 1. The molecule has 20 heavy (non-hydrogen) atoms. The Morgan fingerprint density at radius 2 is 2.30 bits per heavy atom. The molecule has 0 spiro atoms. The van der Waals surface area contributed by atoms with Gasteiger partial charge in [0.15, 0.2) is 0 Å². The van der Waals surface area contributed by atoms with E-state index in [1.54, 1.807) is 0 Å². The van der Waals surface area contributed by atoms with Crippen LogP contribution in [-0.2, 0) is 12.8 Å². The highest BCUT2D eigenvalue weighted by Gasteiger charge is 2.19. The number of hydrazine groups is 1. The molecule has 1 aromatic heterocycles. The largest absolute Gasteiger partial charge is 0.493 e. The number of hydrogen-bond acceptors (Lipinski definition) is 4. The third kappa shape index (κ3) is 2.28. The SMILES string of the molecule is CCc1cnccc1C(NN)c1ccc2c(c1)CCO2. The van der Waals surface area contributed by atoms with E-state index in [9.17, 15) is 0 Å². The van der Waals surface area contributed by atoms with Gasteiger partial charge in [0.2, 0.25) is 0 Å². The molecule has 3 rings (SSSR count). The maximum Gasteiger partial charge on any atom is 0.122 e. The van der Waals surface area contributed by atoms with Gasteiger partial charge in [-0.25, -0.2) is 5.43 Å². The highest BCUT2D eigenvalue weighted by Crippen LogP contribution is 2.31. The van der Waals surface area contributed by atoms with Gasteiger partial charge in [-0.1, -0.05) is 19.1 Å². The van der Waals surface area contributed by atoms with Crippen LogP contribution >= 0.6 is 0 Å². The molecule has 0 saturated heterocycles. The van der Waals surface area contributed by atoms with E-state index in [0.29, 0.717) is 0 Å². The van der Waals surface area contributed by atoms with Gasteiger partial charge in [-0.2, -0.15) is 0 Å². The van der Waals surface area contributed by atoms with Crippen LogP contribution in [-0.4, -0.2) is 11.6 Å². The average molecular weight is 269 g/mol. The van der Waals surface area contributed by atoms with Crippen molar-refractivity contribution in [3.05, 3.63) is 58.9 Å². The van der Waals surface area contributed by atoms with E-state index >= 15 is 0 Å². The van der Waals surface area contributed by atoms with Crippen molar-refractivity contribution in [2.45, 2.75) is 25.8 Å². The first-order valence-electron chi connectivity index (χ1n) is 6.98. The van der Waals surface area contributed by atoms with Crippen LogP contribution in [0.2, 0.25) is 0 Å². The summed E-state index contributed by atoms with van der Waals surface area (Å²) >= 11 is 0. The van der Waals surface area contributed by atoms with Crippen LogP contribution in [0.1, 0.15) is 35.2 Å². The number of hydrogen-bond donors (Lipinski definition) is 2. The highest BCUT2D eigenvalue weighted by molar-refractivity contribution is 5.44. The van der Waals surface area contributed by atoms with Gasteiger partial charge in [0.25, 0.3) is 0 Å². The Morgan fingerprint density at radius 3 is 3.10 bits per heavy atom. The molecule has 2 heterocycles. The number of pyridine rings is 1. The predicted molar refractivity (Wildman–Crippen MR) is 78.4 cm³/mol. The predicted octanol–water partition coefficient (Wildman–Crippen LogP) is 2.13. The zero-order chi connectivity index (χ0) is 13.9. The van der Waals surface area contributed by atoms with Crippen molar-refractivity contribution >= 4 is 0 Å². The van der Waals surface area contributed by atoms with E-state index in [0.717, 1.165) is 30.8 Å². The fourth-order valence-corrected chi connectivity index (χ4v) is 2.77. The normalized spacial score (nSPS) is 14.7. The Bertz CT molecular complexity index is 612.